The van der Waals surface area contributed by atoms with Crippen molar-refractivity contribution in [2.75, 3.05) is 29.9 Å². The number of nitrogens with one attached hydrogen (secondary N) is 2. The summed E-state index contributed by atoms with van der Waals surface area (Å²) in [7, 11) is 0. The predicted octanol–water partition coefficient (Wildman–Crippen LogP) is 5.16. The number of thiocarbonyl (C=S) groups is 1. The van der Waals surface area contributed by atoms with Crippen LogP contribution >= 0.6 is 23.8 Å². The quantitative estimate of drug-likeness (QED) is 0.516. The molecule has 0 atom stereocenters. The second-order valence-corrected chi connectivity index (χ2v) is 6.93. The molecule has 2 aromatic carbocycles. The van der Waals surface area contributed by atoms with E-state index in [4.69, 9.17) is 23.8 Å². The molecule has 134 valence electrons. The maximum absolute atomic E-state index is 6.13. The van der Waals surface area contributed by atoms with Gasteiger partial charge in [-0.2, -0.15) is 0 Å². The Balaban J connectivity index is 1.74. The molecule has 0 unspecified atom stereocenters. The van der Waals surface area contributed by atoms with Crippen molar-refractivity contribution >= 4 is 40.3 Å². The van der Waals surface area contributed by atoms with Crippen molar-refractivity contribution in [3.05, 3.63) is 58.6 Å². The van der Waals surface area contributed by atoms with Crippen molar-refractivity contribution in [1.29, 1.82) is 0 Å². The molecule has 2 N–H and O–H groups in total. The summed E-state index contributed by atoms with van der Waals surface area (Å²) in [5, 5.41) is 7.79. The standard InChI is InChI=1S/C20H26ClN3S/c1-4-24(18-10-6-15(2)7-11-18)13-5-12-22-20(25)23-17-9-8-16(3)19(21)14-17/h6-11,14H,4-5,12-13H2,1-3H3,(H2,22,23,25). The molecule has 5 heteroatoms. The number of anilines is 2. The molecule has 0 saturated carbocycles. The lowest BCUT2D eigenvalue weighted by Crippen LogP contribution is -2.32. The van der Waals surface area contributed by atoms with E-state index in [2.05, 4.69) is 53.6 Å². The summed E-state index contributed by atoms with van der Waals surface area (Å²) in [4.78, 5) is 2.37. The van der Waals surface area contributed by atoms with Crippen LogP contribution in [0.3, 0.4) is 0 Å². The van der Waals surface area contributed by atoms with Crippen molar-refractivity contribution in [2.24, 2.45) is 0 Å². The molecule has 0 spiro atoms. The monoisotopic (exact) mass is 375 g/mol. The first-order valence-corrected chi connectivity index (χ1v) is 9.41. The molecule has 25 heavy (non-hydrogen) atoms. The summed E-state index contributed by atoms with van der Waals surface area (Å²) in [6, 6.07) is 14.5. The van der Waals surface area contributed by atoms with E-state index >= 15 is 0 Å². The summed E-state index contributed by atoms with van der Waals surface area (Å²) in [5.74, 6) is 0. The van der Waals surface area contributed by atoms with Gasteiger partial charge in [0.15, 0.2) is 5.11 Å². The number of benzene rings is 2. The van der Waals surface area contributed by atoms with Crippen LogP contribution in [-0.4, -0.2) is 24.7 Å². The van der Waals surface area contributed by atoms with Gasteiger partial charge in [0.2, 0.25) is 0 Å². The van der Waals surface area contributed by atoms with Crippen LogP contribution in [0.4, 0.5) is 11.4 Å². The van der Waals surface area contributed by atoms with Crippen LogP contribution in [0.5, 0.6) is 0 Å². The molecule has 0 saturated heterocycles. The van der Waals surface area contributed by atoms with Gasteiger partial charge in [0, 0.05) is 36.0 Å². The first-order valence-electron chi connectivity index (χ1n) is 8.62. The van der Waals surface area contributed by atoms with Crippen molar-refractivity contribution in [2.45, 2.75) is 27.2 Å². The molecule has 0 aliphatic carbocycles. The van der Waals surface area contributed by atoms with E-state index in [1.807, 2.05) is 25.1 Å². The molecule has 0 aliphatic heterocycles. The molecular weight excluding hydrogens is 350 g/mol. The van der Waals surface area contributed by atoms with Crippen LogP contribution in [-0.2, 0) is 0 Å². The number of aryl methyl sites for hydroxylation is 2. The van der Waals surface area contributed by atoms with Crippen molar-refractivity contribution in [3.63, 3.8) is 0 Å². The lowest BCUT2D eigenvalue weighted by atomic mass is 10.2. The minimum Gasteiger partial charge on any atom is -0.372 e. The minimum absolute atomic E-state index is 0.623. The third-order valence-corrected chi connectivity index (χ3v) is 4.75. The molecule has 0 bridgehead atoms. The van der Waals surface area contributed by atoms with Gasteiger partial charge >= 0.3 is 0 Å². The highest BCUT2D eigenvalue weighted by atomic mass is 35.5. The molecular formula is C20H26ClN3S. The van der Waals surface area contributed by atoms with E-state index in [1.54, 1.807) is 0 Å². The highest BCUT2D eigenvalue weighted by molar-refractivity contribution is 7.80. The molecule has 0 fully saturated rings. The summed E-state index contributed by atoms with van der Waals surface area (Å²) < 4.78 is 0. The summed E-state index contributed by atoms with van der Waals surface area (Å²) in [6.07, 6.45) is 1.01. The van der Waals surface area contributed by atoms with Crippen molar-refractivity contribution in [3.8, 4) is 0 Å². The topological polar surface area (TPSA) is 27.3 Å². The van der Waals surface area contributed by atoms with Crippen LogP contribution < -0.4 is 15.5 Å². The van der Waals surface area contributed by atoms with Gasteiger partial charge in [-0.3, -0.25) is 0 Å². The third kappa shape index (κ3) is 6.22. The van der Waals surface area contributed by atoms with E-state index in [9.17, 15) is 0 Å². The van der Waals surface area contributed by atoms with Gasteiger partial charge in [0.25, 0.3) is 0 Å². The molecule has 0 aliphatic rings. The van der Waals surface area contributed by atoms with Crippen LogP contribution in [0.15, 0.2) is 42.5 Å². The minimum atomic E-state index is 0.623. The fraction of sp³-hybridized carbons (Fsp3) is 0.350. The van der Waals surface area contributed by atoms with Gasteiger partial charge in [-0.05, 0) is 69.2 Å². The highest BCUT2D eigenvalue weighted by Crippen LogP contribution is 2.19. The average Bonchev–Trinajstić information content (AvgIpc) is 2.59. The zero-order chi connectivity index (χ0) is 18.2. The zero-order valence-electron chi connectivity index (χ0n) is 15.1. The normalized spacial score (nSPS) is 10.4. The molecule has 2 rings (SSSR count). The van der Waals surface area contributed by atoms with Crippen LogP contribution in [0.2, 0.25) is 5.02 Å². The van der Waals surface area contributed by atoms with Crippen LogP contribution in [0.1, 0.15) is 24.5 Å². The van der Waals surface area contributed by atoms with E-state index < -0.39 is 0 Å². The molecule has 2 aromatic rings. The number of nitrogens with zero attached hydrogens (tertiary/aromatic N) is 1. The van der Waals surface area contributed by atoms with Crippen molar-refractivity contribution < 1.29 is 0 Å². The smallest absolute Gasteiger partial charge is 0.170 e. The summed E-state index contributed by atoms with van der Waals surface area (Å²) in [6.45, 7) is 9.09. The van der Waals surface area contributed by atoms with E-state index in [-0.39, 0.29) is 0 Å². The zero-order valence-corrected chi connectivity index (χ0v) is 16.7. The highest BCUT2D eigenvalue weighted by Gasteiger charge is 2.04. The second kappa shape index (κ2) is 9.64. The number of hydrogen-bond donors (Lipinski definition) is 2. The Morgan fingerprint density at radius 1 is 1.12 bits per heavy atom. The van der Waals surface area contributed by atoms with E-state index in [0.29, 0.717) is 5.11 Å². The van der Waals surface area contributed by atoms with Crippen LogP contribution in [0.25, 0.3) is 0 Å². The van der Waals surface area contributed by atoms with Gasteiger partial charge < -0.3 is 15.5 Å². The lowest BCUT2D eigenvalue weighted by molar-refractivity contribution is 0.726. The fourth-order valence-corrected chi connectivity index (χ4v) is 2.94. The van der Waals surface area contributed by atoms with Crippen molar-refractivity contribution in [1.82, 2.24) is 5.32 Å². The van der Waals surface area contributed by atoms with Gasteiger partial charge in [-0.1, -0.05) is 35.4 Å². The fourth-order valence-electron chi connectivity index (χ4n) is 2.54. The molecule has 0 heterocycles. The Labute approximate surface area is 161 Å². The lowest BCUT2D eigenvalue weighted by Gasteiger charge is -2.23. The molecule has 0 aromatic heterocycles. The largest absolute Gasteiger partial charge is 0.372 e. The summed E-state index contributed by atoms with van der Waals surface area (Å²) >= 11 is 11.5. The Hall–Kier alpha value is -1.78. The van der Waals surface area contributed by atoms with E-state index in [0.717, 1.165) is 42.3 Å². The number of rotatable bonds is 7. The average molecular weight is 376 g/mol. The first kappa shape index (κ1) is 19.5. The molecule has 3 nitrogen and oxygen atoms in total. The van der Waals surface area contributed by atoms with Gasteiger partial charge in [-0.25, -0.2) is 0 Å². The SMILES string of the molecule is CCN(CCCNC(=S)Nc1ccc(C)c(Cl)c1)c1ccc(C)cc1. The first-order chi connectivity index (χ1) is 12.0. The molecule has 0 amide bonds. The van der Waals surface area contributed by atoms with Gasteiger partial charge in [-0.15, -0.1) is 0 Å². The summed E-state index contributed by atoms with van der Waals surface area (Å²) in [5.41, 5.74) is 4.52. The number of halogens is 1. The Bertz CT molecular complexity index is 701. The Kier molecular flexibility index (Phi) is 7.53. The van der Waals surface area contributed by atoms with Gasteiger partial charge in [0.05, 0.1) is 0 Å². The Morgan fingerprint density at radius 2 is 1.84 bits per heavy atom. The maximum atomic E-state index is 6.13. The predicted molar refractivity (Wildman–Crippen MR) is 114 cm³/mol. The third-order valence-electron chi connectivity index (χ3n) is 4.10. The van der Waals surface area contributed by atoms with Gasteiger partial charge in [0.1, 0.15) is 0 Å². The second-order valence-electron chi connectivity index (χ2n) is 6.11. The Morgan fingerprint density at radius 3 is 2.48 bits per heavy atom. The van der Waals surface area contributed by atoms with Crippen LogP contribution in [0, 0.1) is 13.8 Å². The maximum Gasteiger partial charge on any atom is 0.170 e. The number of hydrogen-bond acceptors (Lipinski definition) is 2. The van der Waals surface area contributed by atoms with E-state index in [1.165, 1.54) is 11.3 Å². The molecule has 0 radical (unpaired) electrons.